The summed E-state index contributed by atoms with van der Waals surface area (Å²) in [5.74, 6) is 0. The summed E-state index contributed by atoms with van der Waals surface area (Å²) in [4.78, 5) is 2.78. The van der Waals surface area contributed by atoms with Crippen molar-refractivity contribution in [1.82, 2.24) is 0 Å². The maximum Gasteiger partial charge on any atom is 0.235 e. The van der Waals surface area contributed by atoms with Gasteiger partial charge < -0.3 is 0 Å². The fraction of sp³-hybridized carbons (Fsp3) is 0.417. The van der Waals surface area contributed by atoms with Crippen LogP contribution in [0.3, 0.4) is 0 Å². The molecule has 1 nitrogen and oxygen atoms in total. The zero-order valence-corrected chi connectivity index (χ0v) is 12.5. The minimum atomic E-state index is 1.05. The summed E-state index contributed by atoms with van der Waals surface area (Å²) >= 11 is 5.56. The van der Waals surface area contributed by atoms with Gasteiger partial charge in [0.1, 0.15) is 11.2 Å². The Morgan fingerprint density at radius 3 is 2.38 bits per heavy atom. The van der Waals surface area contributed by atoms with Crippen molar-refractivity contribution in [2.45, 2.75) is 30.2 Å². The standard InChI is InChI=1S/C12H16NS3/c1-5-13-8(2)16-10-7-12(15-4)11(14-3)6-9(10)13/h6-7H,5H2,1-4H3/q+1. The predicted octanol–water partition coefficient (Wildman–Crippen LogP) is 3.96. The minimum absolute atomic E-state index is 1.05. The number of hydrogen-bond donors (Lipinski definition) is 0. The van der Waals surface area contributed by atoms with Crippen molar-refractivity contribution in [3.8, 4) is 0 Å². The van der Waals surface area contributed by atoms with Crippen molar-refractivity contribution in [2.75, 3.05) is 12.5 Å². The van der Waals surface area contributed by atoms with Gasteiger partial charge in [-0.2, -0.15) is 4.57 Å². The van der Waals surface area contributed by atoms with Crippen molar-refractivity contribution in [1.29, 1.82) is 0 Å². The van der Waals surface area contributed by atoms with E-state index in [-0.39, 0.29) is 0 Å². The maximum atomic E-state index is 2.39. The Hall–Kier alpha value is -0.190. The Kier molecular flexibility index (Phi) is 3.82. The molecule has 86 valence electrons. The molecular formula is C12H16NS3+. The highest BCUT2D eigenvalue weighted by molar-refractivity contribution is 8.01. The van der Waals surface area contributed by atoms with Crippen LogP contribution >= 0.6 is 34.9 Å². The van der Waals surface area contributed by atoms with Gasteiger partial charge in [0.15, 0.2) is 0 Å². The average molecular weight is 270 g/mol. The third-order valence-electron chi connectivity index (χ3n) is 2.71. The molecule has 2 rings (SSSR count). The first kappa shape index (κ1) is 12.3. The highest BCUT2D eigenvalue weighted by Crippen LogP contribution is 2.33. The lowest BCUT2D eigenvalue weighted by atomic mass is 10.3. The lowest BCUT2D eigenvalue weighted by molar-refractivity contribution is -0.669. The Morgan fingerprint density at radius 1 is 1.19 bits per heavy atom. The molecular weight excluding hydrogens is 254 g/mol. The number of hydrogen-bond acceptors (Lipinski definition) is 3. The second kappa shape index (κ2) is 4.98. The zero-order chi connectivity index (χ0) is 11.7. The van der Waals surface area contributed by atoms with Crippen LogP contribution in [0.1, 0.15) is 11.9 Å². The molecule has 0 aliphatic rings. The molecule has 16 heavy (non-hydrogen) atoms. The summed E-state index contributed by atoms with van der Waals surface area (Å²) in [6.45, 7) is 5.46. The van der Waals surface area contributed by atoms with Crippen molar-refractivity contribution in [2.24, 2.45) is 0 Å². The number of thioether (sulfide) groups is 2. The van der Waals surface area contributed by atoms with Gasteiger partial charge in [-0.3, -0.25) is 0 Å². The van der Waals surface area contributed by atoms with Crippen LogP contribution in [-0.2, 0) is 6.54 Å². The van der Waals surface area contributed by atoms with Crippen molar-refractivity contribution in [3.63, 3.8) is 0 Å². The van der Waals surface area contributed by atoms with E-state index < -0.39 is 0 Å². The average Bonchev–Trinajstić information content (AvgIpc) is 2.61. The molecule has 0 spiro atoms. The topological polar surface area (TPSA) is 3.88 Å². The van der Waals surface area contributed by atoms with Crippen LogP contribution in [0.4, 0.5) is 0 Å². The molecule has 0 atom stereocenters. The Balaban J connectivity index is 2.73. The first-order chi connectivity index (χ1) is 7.71. The summed E-state index contributed by atoms with van der Waals surface area (Å²) in [6, 6.07) is 4.66. The lowest BCUT2D eigenvalue weighted by Crippen LogP contribution is -2.33. The van der Waals surface area contributed by atoms with Gasteiger partial charge in [0.2, 0.25) is 10.5 Å². The molecule has 4 heteroatoms. The second-order valence-corrected chi connectivity index (χ2v) is 6.47. The number of rotatable bonds is 3. The van der Waals surface area contributed by atoms with E-state index in [2.05, 4.69) is 43.1 Å². The van der Waals surface area contributed by atoms with E-state index in [0.29, 0.717) is 0 Å². The fourth-order valence-electron chi connectivity index (χ4n) is 1.92. The van der Waals surface area contributed by atoms with E-state index in [9.17, 15) is 0 Å². The van der Waals surface area contributed by atoms with E-state index in [1.165, 1.54) is 25.0 Å². The summed E-state index contributed by atoms with van der Waals surface area (Å²) in [5.41, 5.74) is 1.38. The molecule has 0 radical (unpaired) electrons. The third-order valence-corrected chi connectivity index (χ3v) is 5.46. The monoisotopic (exact) mass is 270 g/mol. The number of aromatic nitrogens is 1. The molecule has 1 heterocycles. The summed E-state index contributed by atoms with van der Waals surface area (Å²) in [6.07, 6.45) is 4.30. The molecule has 0 aliphatic carbocycles. The minimum Gasteiger partial charge on any atom is -0.186 e. The van der Waals surface area contributed by atoms with Gasteiger partial charge in [0, 0.05) is 22.8 Å². The second-order valence-electron chi connectivity index (χ2n) is 3.54. The first-order valence-corrected chi connectivity index (χ1v) is 8.52. The fourth-order valence-corrected chi connectivity index (χ4v) is 4.59. The molecule has 0 N–H and O–H groups in total. The zero-order valence-electron chi connectivity index (χ0n) is 10.0. The van der Waals surface area contributed by atoms with E-state index in [1.54, 1.807) is 0 Å². The largest absolute Gasteiger partial charge is 0.235 e. The highest BCUT2D eigenvalue weighted by Gasteiger charge is 2.17. The molecule has 2 aromatic rings. The van der Waals surface area contributed by atoms with Gasteiger partial charge in [0.05, 0.1) is 0 Å². The number of thiazole rings is 1. The quantitative estimate of drug-likeness (QED) is 0.614. The number of nitrogens with zero attached hydrogens (tertiary/aromatic N) is 1. The molecule has 0 amide bonds. The van der Waals surface area contributed by atoms with Crippen LogP contribution in [0.5, 0.6) is 0 Å². The van der Waals surface area contributed by atoms with Gasteiger partial charge in [-0.05, 0) is 25.5 Å². The maximum absolute atomic E-state index is 2.39. The van der Waals surface area contributed by atoms with Crippen LogP contribution in [0.25, 0.3) is 10.2 Å². The van der Waals surface area contributed by atoms with Gasteiger partial charge in [0.25, 0.3) is 0 Å². The lowest BCUT2D eigenvalue weighted by Gasteiger charge is -2.02. The Labute approximate surface area is 109 Å². The molecule has 1 aromatic carbocycles. The smallest absolute Gasteiger partial charge is 0.186 e. The summed E-state index contributed by atoms with van der Waals surface area (Å²) in [7, 11) is 0. The van der Waals surface area contributed by atoms with Gasteiger partial charge in [-0.25, -0.2) is 0 Å². The predicted molar refractivity (Wildman–Crippen MR) is 76.0 cm³/mol. The van der Waals surface area contributed by atoms with E-state index >= 15 is 0 Å². The van der Waals surface area contributed by atoms with Crippen LogP contribution in [0.15, 0.2) is 21.9 Å². The van der Waals surface area contributed by atoms with Crippen LogP contribution in [0.2, 0.25) is 0 Å². The van der Waals surface area contributed by atoms with Crippen molar-refractivity contribution < 1.29 is 4.57 Å². The van der Waals surface area contributed by atoms with Gasteiger partial charge in [-0.1, -0.05) is 11.3 Å². The van der Waals surface area contributed by atoms with Gasteiger partial charge >= 0.3 is 0 Å². The molecule has 0 bridgehead atoms. The summed E-state index contributed by atoms with van der Waals surface area (Å²) in [5, 5.41) is 1.39. The van der Waals surface area contributed by atoms with Crippen LogP contribution in [0, 0.1) is 6.92 Å². The molecule has 0 fully saturated rings. The Morgan fingerprint density at radius 2 is 1.81 bits per heavy atom. The van der Waals surface area contributed by atoms with E-state index in [0.717, 1.165) is 6.54 Å². The Bertz CT molecular complexity index is 516. The first-order valence-electron chi connectivity index (χ1n) is 5.26. The van der Waals surface area contributed by atoms with Gasteiger partial charge in [-0.15, -0.1) is 23.5 Å². The van der Waals surface area contributed by atoms with E-state index in [1.807, 2.05) is 34.9 Å². The van der Waals surface area contributed by atoms with Crippen molar-refractivity contribution in [3.05, 3.63) is 17.1 Å². The summed E-state index contributed by atoms with van der Waals surface area (Å²) < 4.78 is 3.80. The number of fused-ring (bicyclic) bond motifs is 1. The highest BCUT2D eigenvalue weighted by atomic mass is 32.2. The molecule has 0 aliphatic heterocycles. The van der Waals surface area contributed by atoms with E-state index in [4.69, 9.17) is 0 Å². The van der Waals surface area contributed by atoms with Crippen LogP contribution in [-0.4, -0.2) is 12.5 Å². The SMILES string of the molecule is CC[n+]1c(C)sc2cc(SC)c(SC)cc21. The number of benzene rings is 1. The normalized spacial score (nSPS) is 11.2. The molecule has 0 saturated heterocycles. The molecule has 0 saturated carbocycles. The third kappa shape index (κ3) is 1.98. The van der Waals surface area contributed by atoms with Crippen molar-refractivity contribution >= 4 is 45.1 Å². The number of aryl methyl sites for hydroxylation is 2. The molecule has 0 unspecified atom stereocenters. The van der Waals surface area contributed by atoms with Crippen LogP contribution < -0.4 is 4.57 Å². The molecule has 1 aromatic heterocycles.